The zero-order valence-corrected chi connectivity index (χ0v) is 26.6. The minimum atomic E-state index is -3.81. The first-order valence-corrected chi connectivity index (χ1v) is 17.2. The number of anilines is 1. The highest BCUT2D eigenvalue weighted by Gasteiger charge is 2.34. The molecule has 0 aliphatic carbocycles. The first-order chi connectivity index (χ1) is 21.1. The molecule has 1 aromatic carbocycles. The molecule has 0 saturated carbocycles. The Labute approximate surface area is 261 Å². The Morgan fingerprint density at radius 2 is 1.64 bits per heavy atom. The van der Waals surface area contributed by atoms with Gasteiger partial charge in [0.25, 0.3) is 11.8 Å². The second-order valence-electron chi connectivity index (χ2n) is 11.1. The number of benzene rings is 1. The van der Waals surface area contributed by atoms with Crippen molar-refractivity contribution in [2.45, 2.75) is 56.9 Å². The Hall–Kier alpha value is -3.49. The summed E-state index contributed by atoms with van der Waals surface area (Å²) in [5, 5.41) is 3.33. The zero-order chi connectivity index (χ0) is 31.4. The quantitative estimate of drug-likeness (QED) is 0.449. The number of likely N-dealkylation sites (tertiary alicyclic amines) is 1. The van der Waals surface area contributed by atoms with Crippen molar-refractivity contribution in [1.29, 1.82) is 0 Å². The summed E-state index contributed by atoms with van der Waals surface area (Å²) in [7, 11) is -2.49. The molecule has 2 aromatic rings. The molecule has 1 N–H and O–H groups in total. The molecule has 44 heavy (non-hydrogen) atoms. The lowest BCUT2D eigenvalue weighted by Gasteiger charge is -2.29. The van der Waals surface area contributed by atoms with Gasteiger partial charge in [0.05, 0.1) is 36.6 Å². The monoisotopic (exact) mass is 646 g/mol. The lowest BCUT2D eigenvalue weighted by atomic mass is 9.99. The molecule has 0 unspecified atom stereocenters. The molecule has 3 aliphatic heterocycles. The number of thiophene rings is 1. The van der Waals surface area contributed by atoms with Crippen molar-refractivity contribution in [3.8, 4) is 0 Å². The normalized spacial score (nSPS) is 18.0. The predicted octanol–water partition coefficient (Wildman–Crippen LogP) is 3.71. The van der Waals surface area contributed by atoms with E-state index < -0.39 is 22.0 Å². The summed E-state index contributed by atoms with van der Waals surface area (Å²) >= 11 is 1.28. The summed E-state index contributed by atoms with van der Waals surface area (Å²) < 4.78 is 37.8. The van der Waals surface area contributed by atoms with Crippen LogP contribution in [0.1, 0.15) is 70.2 Å². The smallest absolute Gasteiger partial charge is 0.410 e. The highest BCUT2D eigenvalue weighted by atomic mass is 32.2. The van der Waals surface area contributed by atoms with Crippen molar-refractivity contribution >= 4 is 50.2 Å². The van der Waals surface area contributed by atoms with Crippen molar-refractivity contribution in [2.24, 2.45) is 5.92 Å². The van der Waals surface area contributed by atoms with Crippen LogP contribution in [0.5, 0.6) is 0 Å². The Bertz CT molecular complexity index is 1510. The molecule has 14 heteroatoms. The Kier molecular flexibility index (Phi) is 9.90. The highest BCUT2D eigenvalue weighted by Crippen LogP contribution is 2.39. The Balaban J connectivity index is 1.34. The van der Waals surface area contributed by atoms with E-state index in [2.05, 4.69) is 5.32 Å². The number of nitrogens with zero attached hydrogens (tertiary/aromatic N) is 3. The van der Waals surface area contributed by atoms with Crippen LogP contribution in [-0.2, 0) is 37.3 Å². The van der Waals surface area contributed by atoms with E-state index in [0.29, 0.717) is 56.0 Å². The van der Waals surface area contributed by atoms with Crippen LogP contribution in [0.15, 0.2) is 29.2 Å². The lowest BCUT2D eigenvalue weighted by Crippen LogP contribution is -2.40. The number of amides is 3. The van der Waals surface area contributed by atoms with E-state index in [1.807, 2.05) is 4.90 Å². The number of carbonyl (C=O) groups is 4. The fourth-order valence-corrected chi connectivity index (χ4v) is 8.66. The largest absolute Gasteiger partial charge is 0.469 e. The molecule has 0 spiro atoms. The van der Waals surface area contributed by atoms with E-state index in [9.17, 15) is 27.6 Å². The third-order valence-corrected chi connectivity index (χ3v) is 11.5. The van der Waals surface area contributed by atoms with Gasteiger partial charge in [-0.25, -0.2) is 13.2 Å². The molecule has 0 radical (unpaired) electrons. The molecule has 5 rings (SSSR count). The Morgan fingerprint density at radius 1 is 0.955 bits per heavy atom. The fourth-order valence-electron chi connectivity index (χ4n) is 5.94. The summed E-state index contributed by atoms with van der Waals surface area (Å²) in [6.07, 6.45) is 3.74. The number of rotatable bonds is 7. The summed E-state index contributed by atoms with van der Waals surface area (Å²) in [6, 6.07) is 5.69. The number of ether oxygens (including phenoxy) is 2. The standard InChI is InChI=1S/C30H38N4O8S2/c1-3-42-30(38)33-16-13-23-24(19-33)43-27(25(23)28(36)32-14-5-4-6-15-32)31-26(35)20-7-9-22(10-8-20)44(39,40)34-17-11-21(12-18-34)29(37)41-2/h7-10,21H,3-6,11-19H2,1-2H3,(H,31,35). The predicted molar refractivity (Wildman–Crippen MR) is 163 cm³/mol. The SMILES string of the molecule is CCOC(=O)N1CCc2c(sc(NC(=O)c3ccc(S(=O)(=O)N4CCC(C(=O)OC)CC4)cc3)c2C(=O)N2CCCCC2)C1. The first kappa shape index (κ1) is 31.9. The van der Waals surface area contributed by atoms with Gasteiger partial charge in [0, 0.05) is 43.2 Å². The average Bonchev–Trinajstić information content (AvgIpc) is 3.41. The van der Waals surface area contributed by atoms with E-state index in [0.717, 1.165) is 29.7 Å². The number of nitrogens with one attached hydrogen (secondary N) is 1. The van der Waals surface area contributed by atoms with Gasteiger partial charge in [0.2, 0.25) is 10.0 Å². The minimum absolute atomic E-state index is 0.0529. The van der Waals surface area contributed by atoms with Gasteiger partial charge in [-0.2, -0.15) is 4.31 Å². The molecule has 3 aliphatic rings. The number of fused-ring (bicyclic) bond motifs is 1. The van der Waals surface area contributed by atoms with Crippen molar-refractivity contribution in [3.63, 3.8) is 0 Å². The van der Waals surface area contributed by atoms with Crippen LogP contribution in [0.25, 0.3) is 0 Å². The van der Waals surface area contributed by atoms with Gasteiger partial charge < -0.3 is 24.6 Å². The minimum Gasteiger partial charge on any atom is -0.469 e. The maximum Gasteiger partial charge on any atom is 0.410 e. The third-order valence-electron chi connectivity index (χ3n) is 8.41. The molecule has 12 nitrogen and oxygen atoms in total. The van der Waals surface area contributed by atoms with Crippen LogP contribution in [0, 0.1) is 5.92 Å². The number of piperidine rings is 2. The molecule has 1 aromatic heterocycles. The zero-order valence-electron chi connectivity index (χ0n) is 25.0. The molecule has 0 atom stereocenters. The van der Waals surface area contributed by atoms with E-state index in [1.54, 1.807) is 11.8 Å². The number of methoxy groups -OCH3 is 1. The summed E-state index contributed by atoms with van der Waals surface area (Å²) in [6.45, 7) is 4.43. The average molecular weight is 647 g/mol. The van der Waals surface area contributed by atoms with Gasteiger partial charge in [-0.15, -0.1) is 11.3 Å². The van der Waals surface area contributed by atoms with Gasteiger partial charge in [0.15, 0.2) is 0 Å². The fraction of sp³-hybridized carbons (Fsp3) is 0.533. The van der Waals surface area contributed by atoms with Crippen molar-refractivity contribution in [3.05, 3.63) is 45.8 Å². The summed E-state index contributed by atoms with van der Waals surface area (Å²) in [5.74, 6) is -1.25. The maximum absolute atomic E-state index is 13.7. The third kappa shape index (κ3) is 6.61. The van der Waals surface area contributed by atoms with Crippen LogP contribution in [-0.4, -0.2) is 92.8 Å². The number of hydrogen-bond donors (Lipinski definition) is 1. The van der Waals surface area contributed by atoms with Gasteiger partial charge in [-0.3, -0.25) is 14.4 Å². The number of sulfonamides is 1. The van der Waals surface area contributed by atoms with Gasteiger partial charge in [-0.1, -0.05) is 0 Å². The van der Waals surface area contributed by atoms with E-state index >= 15 is 0 Å². The lowest BCUT2D eigenvalue weighted by molar-refractivity contribution is -0.146. The Morgan fingerprint density at radius 3 is 2.27 bits per heavy atom. The summed E-state index contributed by atoms with van der Waals surface area (Å²) in [4.78, 5) is 55.7. The number of hydrogen-bond acceptors (Lipinski definition) is 9. The molecule has 0 bridgehead atoms. The molecule has 3 amide bonds. The topological polar surface area (TPSA) is 143 Å². The molecule has 238 valence electrons. The van der Waals surface area contributed by atoms with Crippen LogP contribution in [0.2, 0.25) is 0 Å². The number of carbonyl (C=O) groups excluding carboxylic acids is 4. The second kappa shape index (κ2) is 13.7. The molecule has 2 fully saturated rings. The van der Waals surface area contributed by atoms with Crippen LogP contribution < -0.4 is 5.32 Å². The maximum atomic E-state index is 13.7. The van der Waals surface area contributed by atoms with Gasteiger partial charge in [-0.05, 0) is 75.3 Å². The molecular formula is C30H38N4O8S2. The first-order valence-electron chi connectivity index (χ1n) is 15.0. The van der Waals surface area contributed by atoms with E-state index in [-0.39, 0.29) is 47.9 Å². The molecule has 4 heterocycles. The highest BCUT2D eigenvalue weighted by molar-refractivity contribution is 7.89. The van der Waals surface area contributed by atoms with Crippen molar-refractivity contribution in [2.75, 3.05) is 51.8 Å². The molecular weight excluding hydrogens is 608 g/mol. The number of esters is 1. The molecule has 2 saturated heterocycles. The van der Waals surface area contributed by atoms with Crippen LogP contribution >= 0.6 is 11.3 Å². The van der Waals surface area contributed by atoms with Crippen molar-refractivity contribution in [1.82, 2.24) is 14.1 Å². The summed E-state index contributed by atoms with van der Waals surface area (Å²) in [5.41, 5.74) is 1.56. The van der Waals surface area contributed by atoms with Gasteiger partial charge in [0.1, 0.15) is 5.00 Å². The van der Waals surface area contributed by atoms with Crippen LogP contribution in [0.3, 0.4) is 0 Å². The van der Waals surface area contributed by atoms with Crippen LogP contribution in [0.4, 0.5) is 9.80 Å². The van der Waals surface area contributed by atoms with E-state index in [4.69, 9.17) is 9.47 Å². The van der Waals surface area contributed by atoms with Crippen molar-refractivity contribution < 1.29 is 37.1 Å². The van der Waals surface area contributed by atoms with E-state index in [1.165, 1.54) is 47.0 Å². The van der Waals surface area contributed by atoms with Gasteiger partial charge >= 0.3 is 12.1 Å². The second-order valence-corrected chi connectivity index (χ2v) is 14.2.